The molecule has 4 aromatic rings. The standard InChI is InChI=1S/C28H28N4O3S/c1-32(2,3)24-10-8-20(9-11-24)18-30-28(33)27-16-23-15-25(36(4,34)35)12-13-26(23)31(27)19-22-7-5-6-21(14-22)17-29/h5-16H,18-19H2,1-4H3/p+1. The third kappa shape index (κ3) is 5.48. The second-order valence-corrected chi connectivity index (χ2v) is 11.8. The van der Waals surface area contributed by atoms with Crippen LogP contribution in [0.1, 0.15) is 27.2 Å². The van der Waals surface area contributed by atoms with Gasteiger partial charge in [-0.15, -0.1) is 0 Å². The highest BCUT2D eigenvalue weighted by Crippen LogP contribution is 2.25. The van der Waals surface area contributed by atoms with Crippen LogP contribution >= 0.6 is 0 Å². The average Bonchev–Trinajstić information content (AvgIpc) is 3.19. The number of hydrogen-bond acceptors (Lipinski definition) is 4. The van der Waals surface area contributed by atoms with Crippen LogP contribution in [-0.4, -0.2) is 46.3 Å². The third-order valence-electron chi connectivity index (χ3n) is 6.09. The summed E-state index contributed by atoms with van der Waals surface area (Å²) >= 11 is 0. The minimum atomic E-state index is -3.39. The van der Waals surface area contributed by atoms with Gasteiger partial charge in [-0.25, -0.2) is 8.42 Å². The van der Waals surface area contributed by atoms with Crippen LogP contribution in [0, 0.1) is 11.3 Å². The Balaban J connectivity index is 1.68. The Morgan fingerprint density at radius 1 is 0.972 bits per heavy atom. The van der Waals surface area contributed by atoms with Gasteiger partial charge in [0.2, 0.25) is 0 Å². The molecule has 0 aliphatic heterocycles. The summed E-state index contributed by atoms with van der Waals surface area (Å²) in [6.45, 7) is 0.717. The molecule has 1 N–H and O–H groups in total. The van der Waals surface area contributed by atoms with Gasteiger partial charge in [-0.05, 0) is 59.7 Å². The van der Waals surface area contributed by atoms with Crippen LogP contribution in [-0.2, 0) is 22.9 Å². The first-order valence-corrected chi connectivity index (χ1v) is 13.4. The van der Waals surface area contributed by atoms with Crippen molar-refractivity contribution >= 4 is 32.3 Å². The molecular formula is C28H29N4O3S+. The smallest absolute Gasteiger partial charge is 0.268 e. The Bertz CT molecular complexity index is 1590. The number of sulfone groups is 1. The first kappa shape index (κ1) is 25.2. The van der Waals surface area contributed by atoms with E-state index < -0.39 is 9.84 Å². The van der Waals surface area contributed by atoms with Crippen molar-refractivity contribution in [2.75, 3.05) is 27.4 Å². The zero-order valence-corrected chi connectivity index (χ0v) is 21.6. The molecule has 0 unspecified atom stereocenters. The molecule has 1 aromatic heterocycles. The lowest BCUT2D eigenvalue weighted by molar-refractivity contribution is 0.0942. The fraction of sp³-hybridized carbons (Fsp3) is 0.214. The molecule has 184 valence electrons. The number of fused-ring (bicyclic) bond motifs is 1. The molecule has 36 heavy (non-hydrogen) atoms. The molecular weight excluding hydrogens is 472 g/mol. The minimum absolute atomic E-state index is 0.197. The number of benzene rings is 3. The molecule has 0 radical (unpaired) electrons. The number of nitrogens with one attached hydrogen (secondary N) is 1. The summed E-state index contributed by atoms with van der Waals surface area (Å²) in [7, 11) is 2.89. The number of amides is 1. The van der Waals surface area contributed by atoms with Crippen molar-refractivity contribution in [3.8, 4) is 6.07 Å². The minimum Gasteiger partial charge on any atom is -0.347 e. The lowest BCUT2D eigenvalue weighted by atomic mass is 10.1. The van der Waals surface area contributed by atoms with E-state index in [1.165, 1.54) is 0 Å². The predicted molar refractivity (Wildman–Crippen MR) is 142 cm³/mol. The van der Waals surface area contributed by atoms with Gasteiger partial charge >= 0.3 is 0 Å². The second kappa shape index (κ2) is 9.61. The largest absolute Gasteiger partial charge is 0.347 e. The SMILES string of the molecule is C[N+](C)(C)c1ccc(CNC(=O)c2cc3cc(S(C)(=O)=O)ccc3n2Cc2cccc(C#N)c2)cc1. The van der Waals surface area contributed by atoms with E-state index in [9.17, 15) is 18.5 Å². The van der Waals surface area contributed by atoms with Gasteiger partial charge in [-0.1, -0.05) is 24.3 Å². The highest BCUT2D eigenvalue weighted by Gasteiger charge is 2.18. The Kier molecular flexibility index (Phi) is 6.72. The van der Waals surface area contributed by atoms with E-state index in [1.807, 2.05) is 34.9 Å². The number of carbonyl (C=O) groups excluding carboxylic acids is 1. The lowest BCUT2D eigenvalue weighted by Crippen LogP contribution is -2.34. The van der Waals surface area contributed by atoms with E-state index in [-0.39, 0.29) is 10.8 Å². The van der Waals surface area contributed by atoms with E-state index in [2.05, 4.69) is 32.5 Å². The summed E-state index contributed by atoms with van der Waals surface area (Å²) in [6.07, 6.45) is 1.16. The average molecular weight is 502 g/mol. The molecule has 0 spiro atoms. The van der Waals surface area contributed by atoms with Gasteiger partial charge in [0.25, 0.3) is 5.91 Å². The molecule has 4 rings (SSSR count). The van der Waals surface area contributed by atoms with Crippen LogP contribution in [0.3, 0.4) is 0 Å². The molecule has 0 atom stereocenters. The fourth-order valence-corrected chi connectivity index (χ4v) is 4.75. The van der Waals surface area contributed by atoms with E-state index >= 15 is 0 Å². The van der Waals surface area contributed by atoms with Gasteiger partial charge < -0.3 is 9.88 Å². The molecule has 1 heterocycles. The third-order valence-corrected chi connectivity index (χ3v) is 7.20. The molecule has 8 heteroatoms. The van der Waals surface area contributed by atoms with Crippen molar-refractivity contribution in [3.05, 3.63) is 95.2 Å². The molecule has 1 amide bonds. The van der Waals surface area contributed by atoms with Crippen LogP contribution in [0.4, 0.5) is 5.69 Å². The Morgan fingerprint density at radius 3 is 2.33 bits per heavy atom. The van der Waals surface area contributed by atoms with Gasteiger partial charge in [0.1, 0.15) is 11.4 Å². The monoisotopic (exact) mass is 501 g/mol. The molecule has 0 saturated heterocycles. The van der Waals surface area contributed by atoms with Crippen molar-refractivity contribution in [3.63, 3.8) is 0 Å². The van der Waals surface area contributed by atoms with E-state index in [1.54, 1.807) is 42.5 Å². The molecule has 0 aliphatic rings. The number of aromatic nitrogens is 1. The number of hydrogen-bond donors (Lipinski definition) is 1. The molecule has 7 nitrogen and oxygen atoms in total. The van der Waals surface area contributed by atoms with E-state index in [0.717, 1.165) is 28.6 Å². The van der Waals surface area contributed by atoms with E-state index in [0.29, 0.717) is 34.2 Å². The molecule has 0 fully saturated rings. The normalized spacial score (nSPS) is 11.9. The molecule has 0 aliphatic carbocycles. The van der Waals surface area contributed by atoms with Crippen molar-refractivity contribution in [1.82, 2.24) is 14.4 Å². The topological polar surface area (TPSA) is 92.0 Å². The van der Waals surface area contributed by atoms with Crippen molar-refractivity contribution in [2.45, 2.75) is 18.0 Å². The van der Waals surface area contributed by atoms with Gasteiger partial charge in [0.15, 0.2) is 9.84 Å². The van der Waals surface area contributed by atoms with Crippen LogP contribution in [0.25, 0.3) is 10.9 Å². The second-order valence-electron chi connectivity index (χ2n) is 9.78. The summed E-state index contributed by atoms with van der Waals surface area (Å²) in [5, 5.41) is 12.9. The first-order chi connectivity index (χ1) is 17.0. The van der Waals surface area contributed by atoms with Crippen LogP contribution < -0.4 is 9.80 Å². The maximum absolute atomic E-state index is 13.3. The number of carbonyl (C=O) groups is 1. The van der Waals surface area contributed by atoms with Crippen molar-refractivity contribution in [1.29, 1.82) is 5.26 Å². The molecule has 0 saturated carbocycles. The van der Waals surface area contributed by atoms with Crippen LogP contribution in [0.15, 0.2) is 77.7 Å². The van der Waals surface area contributed by atoms with Crippen molar-refractivity contribution < 1.29 is 13.2 Å². The highest BCUT2D eigenvalue weighted by molar-refractivity contribution is 7.90. The predicted octanol–water partition coefficient (Wildman–Crippen LogP) is 4.09. The highest BCUT2D eigenvalue weighted by atomic mass is 32.2. The maximum atomic E-state index is 13.3. The van der Waals surface area contributed by atoms with Gasteiger partial charge in [0, 0.05) is 30.2 Å². The van der Waals surface area contributed by atoms with Crippen LogP contribution in [0.5, 0.6) is 0 Å². The number of nitriles is 1. The zero-order valence-electron chi connectivity index (χ0n) is 20.8. The molecule has 3 aromatic carbocycles. The van der Waals surface area contributed by atoms with Gasteiger partial charge in [-0.3, -0.25) is 9.28 Å². The lowest BCUT2D eigenvalue weighted by Gasteiger charge is -2.23. The Morgan fingerprint density at radius 2 is 1.69 bits per heavy atom. The fourth-order valence-electron chi connectivity index (χ4n) is 4.09. The summed E-state index contributed by atoms with van der Waals surface area (Å²) in [4.78, 5) is 13.5. The first-order valence-electron chi connectivity index (χ1n) is 11.5. The number of quaternary nitrogens is 1. The quantitative estimate of drug-likeness (QED) is 0.386. The number of nitrogens with zero attached hydrogens (tertiary/aromatic N) is 3. The Labute approximate surface area is 211 Å². The van der Waals surface area contributed by atoms with Gasteiger partial charge in [0.05, 0.1) is 37.7 Å². The summed E-state index contributed by atoms with van der Waals surface area (Å²) in [5.41, 5.74) is 4.69. The summed E-state index contributed by atoms with van der Waals surface area (Å²) in [5.74, 6) is -0.265. The summed E-state index contributed by atoms with van der Waals surface area (Å²) < 4.78 is 26.7. The zero-order chi connectivity index (χ0) is 26.1. The Hall–Kier alpha value is -3.93. The summed E-state index contributed by atoms with van der Waals surface area (Å²) in [6, 6.07) is 24.0. The van der Waals surface area contributed by atoms with Gasteiger partial charge in [-0.2, -0.15) is 5.26 Å². The maximum Gasteiger partial charge on any atom is 0.268 e. The van der Waals surface area contributed by atoms with E-state index in [4.69, 9.17) is 0 Å². The molecule has 0 bridgehead atoms. The van der Waals surface area contributed by atoms with Crippen molar-refractivity contribution in [2.24, 2.45) is 0 Å². The van der Waals surface area contributed by atoms with Crippen LogP contribution in [0.2, 0.25) is 0 Å². The number of rotatable bonds is 7.